The number of hydrogen-bond donors (Lipinski definition) is 4. The molecular weight excluding hydrogens is 302 g/mol. The van der Waals surface area contributed by atoms with E-state index < -0.39 is 11.9 Å². The summed E-state index contributed by atoms with van der Waals surface area (Å²) in [6.45, 7) is 0.223. The molecule has 0 aliphatic heterocycles. The number of carbonyl (C=O) groups is 2. The summed E-state index contributed by atoms with van der Waals surface area (Å²) in [5.41, 5.74) is 6.11. The third-order valence-corrected chi connectivity index (χ3v) is 3.06. The number of hydrogen-bond acceptors (Lipinski definition) is 5. The number of amides is 3. The van der Waals surface area contributed by atoms with Crippen LogP contribution in [0.5, 0.6) is 11.5 Å². The number of nitrogens with two attached hydrogens (primary N) is 1. The van der Waals surface area contributed by atoms with Gasteiger partial charge < -0.3 is 25.8 Å². The van der Waals surface area contributed by atoms with Crippen molar-refractivity contribution >= 4 is 17.6 Å². The van der Waals surface area contributed by atoms with E-state index in [4.69, 9.17) is 15.2 Å². The number of carbonyl (C=O) groups excluding carboxylic acids is 2. The summed E-state index contributed by atoms with van der Waals surface area (Å²) in [6, 6.07) is 4.49. The molecule has 2 aromatic rings. The van der Waals surface area contributed by atoms with Gasteiger partial charge in [-0.2, -0.15) is 5.10 Å². The average Bonchev–Trinajstić information content (AvgIpc) is 2.99. The summed E-state index contributed by atoms with van der Waals surface area (Å²) < 4.78 is 10.4. The molecule has 0 saturated carbocycles. The molecule has 122 valence electrons. The molecule has 0 unspecified atom stereocenters. The average molecular weight is 319 g/mol. The maximum atomic E-state index is 12.2. The molecule has 1 aromatic heterocycles. The Morgan fingerprint density at radius 2 is 2.09 bits per heavy atom. The summed E-state index contributed by atoms with van der Waals surface area (Å²) in [5, 5.41) is 11.2. The molecule has 0 bridgehead atoms. The maximum absolute atomic E-state index is 12.2. The largest absolute Gasteiger partial charge is 0.497 e. The molecule has 9 heteroatoms. The number of H-pyrrole nitrogens is 1. The first-order chi connectivity index (χ1) is 11.0. The Hall–Kier alpha value is -3.23. The van der Waals surface area contributed by atoms with Crippen LogP contribution in [0.2, 0.25) is 0 Å². The molecule has 0 fully saturated rings. The summed E-state index contributed by atoms with van der Waals surface area (Å²) in [6.07, 6.45) is 1.30. The monoisotopic (exact) mass is 319 g/mol. The summed E-state index contributed by atoms with van der Waals surface area (Å²) >= 11 is 0. The first-order valence-corrected chi connectivity index (χ1v) is 6.64. The van der Waals surface area contributed by atoms with Crippen molar-refractivity contribution in [1.82, 2.24) is 15.5 Å². The minimum atomic E-state index is -0.780. The maximum Gasteiger partial charge on any atom is 0.316 e. The van der Waals surface area contributed by atoms with Crippen LogP contribution in [0.4, 0.5) is 10.5 Å². The zero-order chi connectivity index (χ0) is 16.8. The lowest BCUT2D eigenvalue weighted by Crippen LogP contribution is -2.26. The molecule has 0 saturated heterocycles. The van der Waals surface area contributed by atoms with E-state index >= 15 is 0 Å². The highest BCUT2D eigenvalue weighted by Gasteiger charge is 2.15. The fraction of sp³-hybridized carbons (Fsp3) is 0.214. The van der Waals surface area contributed by atoms with Crippen LogP contribution < -0.4 is 25.8 Å². The van der Waals surface area contributed by atoms with Crippen LogP contribution in [0, 0.1) is 0 Å². The second-order valence-corrected chi connectivity index (χ2v) is 4.51. The van der Waals surface area contributed by atoms with Gasteiger partial charge in [-0.3, -0.25) is 9.89 Å². The summed E-state index contributed by atoms with van der Waals surface area (Å²) in [5.74, 6) is 0.798. The summed E-state index contributed by atoms with van der Waals surface area (Å²) in [4.78, 5) is 23.0. The van der Waals surface area contributed by atoms with Crippen molar-refractivity contribution in [2.45, 2.75) is 6.54 Å². The minimum Gasteiger partial charge on any atom is -0.497 e. The van der Waals surface area contributed by atoms with E-state index in [0.29, 0.717) is 11.5 Å². The van der Waals surface area contributed by atoms with Crippen LogP contribution in [-0.2, 0) is 6.54 Å². The Balaban J connectivity index is 2.08. The highest BCUT2D eigenvalue weighted by atomic mass is 16.5. The molecule has 0 aliphatic rings. The second kappa shape index (κ2) is 7.16. The number of methoxy groups -OCH3 is 2. The van der Waals surface area contributed by atoms with Crippen LogP contribution in [0.3, 0.4) is 0 Å². The van der Waals surface area contributed by atoms with Gasteiger partial charge in [0, 0.05) is 18.2 Å². The Bertz CT molecular complexity index is 713. The fourth-order valence-electron chi connectivity index (χ4n) is 1.95. The number of rotatable bonds is 6. The number of benzene rings is 1. The van der Waals surface area contributed by atoms with Crippen molar-refractivity contribution in [3.63, 3.8) is 0 Å². The molecule has 5 N–H and O–H groups in total. The first-order valence-electron chi connectivity index (χ1n) is 6.64. The number of urea groups is 1. The van der Waals surface area contributed by atoms with E-state index in [0.717, 1.165) is 5.56 Å². The molecule has 1 aromatic carbocycles. The Labute approximate surface area is 132 Å². The van der Waals surface area contributed by atoms with Gasteiger partial charge in [-0.15, -0.1) is 0 Å². The van der Waals surface area contributed by atoms with Gasteiger partial charge in [0.25, 0.3) is 5.91 Å². The molecule has 2 rings (SSSR count). The quantitative estimate of drug-likeness (QED) is 0.626. The van der Waals surface area contributed by atoms with Crippen LogP contribution in [0.25, 0.3) is 0 Å². The zero-order valence-corrected chi connectivity index (χ0v) is 12.7. The fourth-order valence-corrected chi connectivity index (χ4v) is 1.95. The van der Waals surface area contributed by atoms with E-state index in [9.17, 15) is 9.59 Å². The van der Waals surface area contributed by atoms with Gasteiger partial charge in [-0.1, -0.05) is 0 Å². The highest BCUT2D eigenvalue weighted by Crippen LogP contribution is 2.24. The Kier molecular flexibility index (Phi) is 5.03. The summed E-state index contributed by atoms with van der Waals surface area (Å²) in [7, 11) is 3.09. The second-order valence-electron chi connectivity index (χ2n) is 4.51. The number of aromatic nitrogens is 2. The molecule has 23 heavy (non-hydrogen) atoms. The normalized spacial score (nSPS) is 10.0. The van der Waals surface area contributed by atoms with Crippen LogP contribution in [0.15, 0.2) is 24.4 Å². The van der Waals surface area contributed by atoms with Crippen molar-refractivity contribution < 1.29 is 19.1 Å². The number of primary amides is 1. The van der Waals surface area contributed by atoms with Crippen molar-refractivity contribution in [1.29, 1.82) is 0 Å². The predicted molar refractivity (Wildman–Crippen MR) is 82.5 cm³/mol. The molecule has 3 amide bonds. The zero-order valence-electron chi connectivity index (χ0n) is 12.7. The first kappa shape index (κ1) is 16.1. The molecule has 0 spiro atoms. The standard InChI is InChI=1S/C14H17N5O4/c1-22-9-4-3-8(11(5-9)23-2)6-16-13(20)12-10(7-17-19-12)18-14(15)21/h3-5,7H,6H2,1-2H3,(H,16,20)(H,17,19)(H3,15,18,21). The van der Waals surface area contributed by atoms with Gasteiger partial charge in [0.1, 0.15) is 17.2 Å². The molecule has 0 aliphatic carbocycles. The number of nitrogens with one attached hydrogen (secondary N) is 3. The smallest absolute Gasteiger partial charge is 0.316 e. The minimum absolute atomic E-state index is 0.108. The molecule has 0 radical (unpaired) electrons. The van der Waals surface area contributed by atoms with Gasteiger partial charge in [0.2, 0.25) is 0 Å². The molecule has 0 atom stereocenters. The van der Waals surface area contributed by atoms with Crippen molar-refractivity contribution in [2.24, 2.45) is 5.73 Å². The lowest BCUT2D eigenvalue weighted by molar-refractivity contribution is 0.0946. The number of nitrogens with zero attached hydrogens (tertiary/aromatic N) is 1. The van der Waals surface area contributed by atoms with Crippen molar-refractivity contribution in [3.8, 4) is 11.5 Å². The van der Waals surface area contributed by atoms with Crippen LogP contribution >= 0.6 is 0 Å². The number of ether oxygens (including phenoxy) is 2. The van der Waals surface area contributed by atoms with Crippen LogP contribution in [0.1, 0.15) is 16.1 Å². The lowest BCUT2D eigenvalue weighted by Gasteiger charge is -2.11. The lowest BCUT2D eigenvalue weighted by atomic mass is 10.2. The van der Waals surface area contributed by atoms with Gasteiger partial charge in [0.15, 0.2) is 0 Å². The van der Waals surface area contributed by atoms with Crippen molar-refractivity contribution in [3.05, 3.63) is 35.7 Å². The molecule has 9 nitrogen and oxygen atoms in total. The van der Waals surface area contributed by atoms with Crippen molar-refractivity contribution in [2.75, 3.05) is 19.5 Å². The molecule has 1 heterocycles. The Morgan fingerprint density at radius 1 is 1.30 bits per heavy atom. The van der Waals surface area contributed by atoms with Gasteiger partial charge in [0.05, 0.1) is 26.1 Å². The van der Waals surface area contributed by atoms with Gasteiger partial charge in [-0.05, 0) is 12.1 Å². The van der Waals surface area contributed by atoms with Gasteiger partial charge in [-0.25, -0.2) is 4.79 Å². The topological polar surface area (TPSA) is 131 Å². The van der Waals surface area contributed by atoms with E-state index in [1.807, 2.05) is 0 Å². The van der Waals surface area contributed by atoms with Crippen LogP contribution in [-0.4, -0.2) is 36.4 Å². The third kappa shape index (κ3) is 3.90. The number of anilines is 1. The molecular formula is C14H17N5O4. The van der Waals surface area contributed by atoms with E-state index in [-0.39, 0.29) is 17.9 Å². The Morgan fingerprint density at radius 3 is 2.74 bits per heavy atom. The van der Waals surface area contributed by atoms with E-state index in [2.05, 4.69) is 20.8 Å². The van der Waals surface area contributed by atoms with E-state index in [1.54, 1.807) is 25.3 Å². The predicted octanol–water partition coefficient (Wildman–Crippen LogP) is 0.847. The SMILES string of the molecule is COc1ccc(CNC(=O)c2[nH]ncc2NC(N)=O)c(OC)c1. The number of aromatic amines is 1. The highest BCUT2D eigenvalue weighted by molar-refractivity contribution is 6.01. The van der Waals surface area contributed by atoms with E-state index in [1.165, 1.54) is 13.3 Å². The third-order valence-electron chi connectivity index (χ3n) is 3.06. The van der Waals surface area contributed by atoms with Gasteiger partial charge >= 0.3 is 6.03 Å².